The second kappa shape index (κ2) is 5.61. The van der Waals surface area contributed by atoms with Crippen LogP contribution in [0.2, 0.25) is 0 Å². The standard InChI is InChI=1S/C17H28N4O/c1-17(2)14(13-8-10-22-15(13)17)19-16(18-3)21(5)11-12-7-6-9-20(12)4/h6-7,9,13-15H,8,10-11H2,1-5H3,(H,18,19). The predicted octanol–water partition coefficient (Wildman–Crippen LogP) is 1.85. The average molecular weight is 304 g/mol. The Labute approximate surface area is 133 Å². The molecule has 3 atom stereocenters. The Hall–Kier alpha value is -1.49. The second-order valence-corrected chi connectivity index (χ2v) is 7.20. The molecule has 0 aromatic carbocycles. The van der Waals surface area contributed by atoms with Gasteiger partial charge < -0.3 is 19.5 Å². The van der Waals surface area contributed by atoms with Crippen molar-refractivity contribution in [1.82, 2.24) is 14.8 Å². The van der Waals surface area contributed by atoms with E-state index in [1.54, 1.807) is 0 Å². The highest BCUT2D eigenvalue weighted by Crippen LogP contribution is 2.52. The van der Waals surface area contributed by atoms with Gasteiger partial charge in [0, 0.05) is 57.0 Å². The maximum atomic E-state index is 5.88. The zero-order valence-corrected chi connectivity index (χ0v) is 14.3. The van der Waals surface area contributed by atoms with Crippen LogP contribution in [-0.2, 0) is 18.3 Å². The van der Waals surface area contributed by atoms with Crippen molar-refractivity contribution < 1.29 is 4.74 Å². The smallest absolute Gasteiger partial charge is 0.193 e. The summed E-state index contributed by atoms with van der Waals surface area (Å²) >= 11 is 0. The summed E-state index contributed by atoms with van der Waals surface area (Å²) in [5.41, 5.74) is 1.45. The largest absolute Gasteiger partial charge is 0.377 e. The van der Waals surface area contributed by atoms with Gasteiger partial charge in [0.15, 0.2) is 5.96 Å². The average Bonchev–Trinajstić information content (AvgIpc) is 3.08. The van der Waals surface area contributed by atoms with Crippen LogP contribution in [0, 0.1) is 11.3 Å². The molecular formula is C17H28N4O. The molecule has 1 N–H and O–H groups in total. The number of ether oxygens (including phenoxy) is 1. The maximum Gasteiger partial charge on any atom is 0.193 e. The van der Waals surface area contributed by atoms with Crippen molar-refractivity contribution in [2.45, 2.75) is 39.0 Å². The van der Waals surface area contributed by atoms with Crippen molar-refractivity contribution in [2.75, 3.05) is 20.7 Å². The van der Waals surface area contributed by atoms with Gasteiger partial charge in [-0.1, -0.05) is 13.8 Å². The first-order chi connectivity index (χ1) is 10.4. The highest BCUT2D eigenvalue weighted by molar-refractivity contribution is 5.80. The lowest BCUT2D eigenvalue weighted by Crippen LogP contribution is -2.67. The number of hydrogen-bond donors (Lipinski definition) is 1. The van der Waals surface area contributed by atoms with Crippen LogP contribution >= 0.6 is 0 Å². The molecule has 0 radical (unpaired) electrons. The number of aromatic nitrogens is 1. The number of hydrogen-bond acceptors (Lipinski definition) is 2. The van der Waals surface area contributed by atoms with Crippen molar-refractivity contribution in [2.24, 2.45) is 23.4 Å². The van der Waals surface area contributed by atoms with Crippen LogP contribution in [0.3, 0.4) is 0 Å². The topological polar surface area (TPSA) is 41.8 Å². The molecular weight excluding hydrogens is 276 g/mol. The Morgan fingerprint density at radius 2 is 2.32 bits per heavy atom. The van der Waals surface area contributed by atoms with Crippen LogP contribution < -0.4 is 5.32 Å². The summed E-state index contributed by atoms with van der Waals surface area (Å²) < 4.78 is 8.03. The van der Waals surface area contributed by atoms with Crippen molar-refractivity contribution in [3.63, 3.8) is 0 Å². The molecule has 1 aliphatic heterocycles. The first-order valence-electron chi connectivity index (χ1n) is 8.11. The Kier molecular flexibility index (Phi) is 3.93. The molecule has 122 valence electrons. The van der Waals surface area contributed by atoms with Gasteiger partial charge in [-0.15, -0.1) is 0 Å². The van der Waals surface area contributed by atoms with Gasteiger partial charge in [-0.05, 0) is 18.6 Å². The Morgan fingerprint density at radius 3 is 2.95 bits per heavy atom. The highest BCUT2D eigenvalue weighted by Gasteiger charge is 2.59. The van der Waals surface area contributed by atoms with E-state index >= 15 is 0 Å². The van der Waals surface area contributed by atoms with Gasteiger partial charge in [-0.2, -0.15) is 0 Å². The molecule has 2 aliphatic rings. The van der Waals surface area contributed by atoms with Crippen LogP contribution in [0.1, 0.15) is 26.0 Å². The minimum atomic E-state index is 0.170. The minimum Gasteiger partial charge on any atom is -0.377 e. The zero-order valence-electron chi connectivity index (χ0n) is 14.3. The molecule has 0 amide bonds. The van der Waals surface area contributed by atoms with E-state index in [9.17, 15) is 0 Å². The summed E-state index contributed by atoms with van der Waals surface area (Å²) in [5, 5.41) is 3.68. The number of nitrogens with zero attached hydrogens (tertiary/aromatic N) is 3. The minimum absolute atomic E-state index is 0.170. The number of nitrogens with one attached hydrogen (secondary N) is 1. The van der Waals surface area contributed by atoms with Crippen LogP contribution in [0.4, 0.5) is 0 Å². The molecule has 3 rings (SSSR count). The normalized spacial score (nSPS) is 29.9. The summed E-state index contributed by atoms with van der Waals surface area (Å²) in [6, 6.07) is 4.67. The molecule has 1 saturated carbocycles. The van der Waals surface area contributed by atoms with E-state index in [1.807, 2.05) is 7.05 Å². The fourth-order valence-electron chi connectivity index (χ4n) is 4.08. The third-order valence-corrected chi connectivity index (χ3v) is 5.41. The van der Waals surface area contributed by atoms with Crippen LogP contribution in [-0.4, -0.2) is 48.3 Å². The first kappa shape index (κ1) is 15.4. The van der Waals surface area contributed by atoms with Crippen molar-refractivity contribution >= 4 is 5.96 Å². The molecule has 3 unspecified atom stereocenters. The lowest BCUT2D eigenvalue weighted by Gasteiger charge is -2.55. The van der Waals surface area contributed by atoms with E-state index in [4.69, 9.17) is 4.74 Å². The van der Waals surface area contributed by atoms with Crippen LogP contribution in [0.25, 0.3) is 0 Å². The number of guanidine groups is 1. The third-order valence-electron chi connectivity index (χ3n) is 5.41. The van der Waals surface area contributed by atoms with Gasteiger partial charge in [0.2, 0.25) is 0 Å². The Balaban J connectivity index is 1.66. The van der Waals surface area contributed by atoms with Crippen LogP contribution in [0.15, 0.2) is 23.3 Å². The summed E-state index contributed by atoms with van der Waals surface area (Å²) in [4.78, 5) is 6.67. The molecule has 1 aliphatic carbocycles. The number of rotatable bonds is 3. The quantitative estimate of drug-likeness (QED) is 0.684. The van der Waals surface area contributed by atoms with E-state index in [1.165, 1.54) is 5.69 Å². The molecule has 2 heterocycles. The van der Waals surface area contributed by atoms with Gasteiger partial charge in [0.25, 0.3) is 0 Å². The van der Waals surface area contributed by atoms with E-state index in [2.05, 4.69) is 66.0 Å². The van der Waals surface area contributed by atoms with Crippen LogP contribution in [0.5, 0.6) is 0 Å². The SMILES string of the molecule is CN=C(NC1C2CCOC2C1(C)C)N(C)Cc1cccn1C. The lowest BCUT2D eigenvalue weighted by atomic mass is 9.57. The van der Waals surface area contributed by atoms with Gasteiger partial charge in [0.1, 0.15) is 0 Å². The lowest BCUT2D eigenvalue weighted by molar-refractivity contribution is -0.107. The summed E-state index contributed by atoms with van der Waals surface area (Å²) in [5.74, 6) is 1.58. The number of fused-ring (bicyclic) bond motifs is 1. The molecule has 5 nitrogen and oxygen atoms in total. The van der Waals surface area contributed by atoms with Crippen molar-refractivity contribution in [3.8, 4) is 0 Å². The summed E-state index contributed by atoms with van der Waals surface area (Å²) in [6.45, 7) is 6.33. The van der Waals surface area contributed by atoms with Gasteiger partial charge >= 0.3 is 0 Å². The number of aryl methyl sites for hydroxylation is 1. The third kappa shape index (κ3) is 2.41. The monoisotopic (exact) mass is 304 g/mol. The summed E-state index contributed by atoms with van der Waals surface area (Å²) in [7, 11) is 6.03. The van der Waals surface area contributed by atoms with Gasteiger partial charge in [-0.3, -0.25) is 4.99 Å². The van der Waals surface area contributed by atoms with Gasteiger partial charge in [-0.25, -0.2) is 0 Å². The zero-order chi connectivity index (χ0) is 15.9. The molecule has 5 heteroatoms. The Bertz CT molecular complexity index is 563. The van der Waals surface area contributed by atoms with E-state index in [-0.39, 0.29) is 5.41 Å². The van der Waals surface area contributed by atoms with Crippen molar-refractivity contribution in [3.05, 3.63) is 24.0 Å². The molecule has 0 bridgehead atoms. The molecule has 1 aromatic heterocycles. The predicted molar refractivity (Wildman–Crippen MR) is 88.8 cm³/mol. The molecule has 1 aromatic rings. The summed E-state index contributed by atoms with van der Waals surface area (Å²) in [6.07, 6.45) is 3.64. The highest BCUT2D eigenvalue weighted by atomic mass is 16.5. The maximum absolute atomic E-state index is 5.88. The second-order valence-electron chi connectivity index (χ2n) is 7.20. The van der Waals surface area contributed by atoms with E-state index < -0.39 is 0 Å². The molecule has 22 heavy (non-hydrogen) atoms. The molecule has 1 saturated heterocycles. The first-order valence-corrected chi connectivity index (χ1v) is 8.11. The van der Waals surface area contributed by atoms with E-state index in [0.717, 1.165) is 25.5 Å². The Morgan fingerprint density at radius 1 is 1.55 bits per heavy atom. The van der Waals surface area contributed by atoms with E-state index in [0.29, 0.717) is 18.1 Å². The fraction of sp³-hybridized carbons (Fsp3) is 0.706. The molecule has 0 spiro atoms. The number of aliphatic imine (C=N–C) groups is 1. The van der Waals surface area contributed by atoms with Crippen molar-refractivity contribution in [1.29, 1.82) is 0 Å². The fourth-order valence-corrected chi connectivity index (χ4v) is 4.08. The van der Waals surface area contributed by atoms with Gasteiger partial charge in [0.05, 0.1) is 12.6 Å². The molecule has 2 fully saturated rings.